The Balaban J connectivity index is 1.66. The third-order valence-corrected chi connectivity index (χ3v) is 6.95. The molecule has 0 aliphatic carbocycles. The molecular weight excluding hydrogens is 448 g/mol. The molecular formula is C24H21ClN2O4S. The molecule has 0 radical (unpaired) electrons. The van der Waals surface area contributed by atoms with E-state index in [2.05, 4.69) is 4.72 Å². The molecule has 3 aromatic carbocycles. The first-order chi connectivity index (χ1) is 15.3. The number of halogens is 1. The van der Waals surface area contributed by atoms with Gasteiger partial charge in [-0.1, -0.05) is 41.9 Å². The molecule has 164 valence electrons. The Morgan fingerprint density at radius 1 is 1.03 bits per heavy atom. The number of aryl methyl sites for hydroxylation is 1. The largest absolute Gasteiger partial charge is 0.312 e. The Hall–Kier alpha value is -3.16. The topological polar surface area (TPSA) is 83.6 Å². The van der Waals surface area contributed by atoms with Gasteiger partial charge in [0.1, 0.15) is 0 Å². The second-order valence-electron chi connectivity index (χ2n) is 7.59. The van der Waals surface area contributed by atoms with Crippen LogP contribution in [0.4, 0.5) is 11.4 Å². The molecule has 32 heavy (non-hydrogen) atoms. The van der Waals surface area contributed by atoms with E-state index in [0.717, 1.165) is 6.42 Å². The predicted molar refractivity (Wildman–Crippen MR) is 125 cm³/mol. The Labute approximate surface area is 191 Å². The summed E-state index contributed by atoms with van der Waals surface area (Å²) in [6.07, 6.45) is 1.28. The van der Waals surface area contributed by atoms with Crippen molar-refractivity contribution < 1.29 is 18.0 Å². The lowest BCUT2D eigenvalue weighted by Gasteiger charge is -2.19. The molecule has 1 amide bonds. The van der Waals surface area contributed by atoms with Crippen molar-refractivity contribution in [2.24, 2.45) is 0 Å². The van der Waals surface area contributed by atoms with E-state index in [0.29, 0.717) is 34.8 Å². The predicted octanol–water partition coefficient (Wildman–Crippen LogP) is 4.81. The summed E-state index contributed by atoms with van der Waals surface area (Å²) in [6, 6.07) is 17.6. The third kappa shape index (κ3) is 4.40. The Morgan fingerprint density at radius 2 is 1.78 bits per heavy atom. The fourth-order valence-electron chi connectivity index (χ4n) is 3.74. The average molecular weight is 469 g/mol. The number of nitrogens with zero attached hydrogens (tertiary/aromatic N) is 1. The third-order valence-electron chi connectivity index (χ3n) is 5.35. The minimum Gasteiger partial charge on any atom is -0.312 e. The second kappa shape index (κ2) is 8.76. The maximum Gasteiger partial charge on any atom is 0.261 e. The van der Waals surface area contributed by atoms with Gasteiger partial charge in [-0.15, -0.1) is 0 Å². The van der Waals surface area contributed by atoms with E-state index in [4.69, 9.17) is 11.6 Å². The zero-order valence-corrected chi connectivity index (χ0v) is 18.9. The zero-order valence-electron chi connectivity index (χ0n) is 17.3. The molecule has 0 bridgehead atoms. The first-order valence-corrected chi connectivity index (χ1v) is 12.0. The first-order valence-electron chi connectivity index (χ1n) is 10.1. The van der Waals surface area contributed by atoms with Crippen LogP contribution in [0, 0.1) is 6.92 Å². The lowest BCUT2D eigenvalue weighted by Crippen LogP contribution is -2.24. The van der Waals surface area contributed by atoms with Crippen LogP contribution in [0.25, 0.3) is 0 Å². The summed E-state index contributed by atoms with van der Waals surface area (Å²) in [5.41, 5.74) is 2.10. The summed E-state index contributed by atoms with van der Waals surface area (Å²) >= 11 is 6.09. The minimum atomic E-state index is -3.99. The lowest BCUT2D eigenvalue weighted by molar-refractivity contribution is -0.117. The van der Waals surface area contributed by atoms with Gasteiger partial charge >= 0.3 is 0 Å². The van der Waals surface area contributed by atoms with Gasteiger partial charge in [-0.3, -0.25) is 14.3 Å². The van der Waals surface area contributed by atoms with Crippen LogP contribution in [0.1, 0.15) is 34.3 Å². The number of hydrogen-bond acceptors (Lipinski definition) is 4. The lowest BCUT2D eigenvalue weighted by atomic mass is 10.0. The van der Waals surface area contributed by atoms with Crippen molar-refractivity contribution in [3.8, 4) is 0 Å². The maximum atomic E-state index is 13.1. The Morgan fingerprint density at radius 3 is 2.44 bits per heavy atom. The van der Waals surface area contributed by atoms with Gasteiger partial charge < -0.3 is 4.90 Å². The van der Waals surface area contributed by atoms with Crippen LogP contribution in [-0.2, 0) is 14.8 Å². The van der Waals surface area contributed by atoms with Crippen molar-refractivity contribution in [3.05, 3.63) is 88.4 Å². The molecule has 0 aromatic heterocycles. The number of carbonyl (C=O) groups excluding carboxylic acids is 2. The number of nitrogens with one attached hydrogen (secondary N) is 1. The van der Waals surface area contributed by atoms with E-state index in [9.17, 15) is 18.0 Å². The van der Waals surface area contributed by atoms with Gasteiger partial charge in [0, 0.05) is 34.8 Å². The summed E-state index contributed by atoms with van der Waals surface area (Å²) in [6.45, 7) is 2.40. The van der Waals surface area contributed by atoms with Crippen LogP contribution in [0.15, 0.2) is 71.6 Å². The molecule has 1 fully saturated rings. The van der Waals surface area contributed by atoms with Gasteiger partial charge in [0.05, 0.1) is 10.6 Å². The first kappa shape index (κ1) is 22.0. The van der Waals surface area contributed by atoms with Gasteiger partial charge in [0.25, 0.3) is 10.0 Å². The molecule has 1 N–H and O–H groups in total. The van der Waals surface area contributed by atoms with E-state index in [1.54, 1.807) is 48.2 Å². The van der Waals surface area contributed by atoms with E-state index in [1.165, 1.54) is 30.3 Å². The number of carbonyl (C=O) groups is 2. The van der Waals surface area contributed by atoms with Crippen molar-refractivity contribution >= 4 is 44.7 Å². The van der Waals surface area contributed by atoms with Crippen LogP contribution in [0.3, 0.4) is 0 Å². The molecule has 1 heterocycles. The molecule has 0 saturated carbocycles. The summed E-state index contributed by atoms with van der Waals surface area (Å²) in [5.74, 6) is -0.308. The molecule has 1 aliphatic heterocycles. The van der Waals surface area contributed by atoms with Crippen molar-refractivity contribution in [2.75, 3.05) is 16.2 Å². The Kier molecular flexibility index (Phi) is 6.04. The number of sulfonamides is 1. The summed E-state index contributed by atoms with van der Waals surface area (Å²) in [5, 5.41) is 0.322. The van der Waals surface area contributed by atoms with Gasteiger partial charge in [0.2, 0.25) is 5.91 Å². The summed E-state index contributed by atoms with van der Waals surface area (Å²) < 4.78 is 28.7. The van der Waals surface area contributed by atoms with Crippen molar-refractivity contribution in [3.63, 3.8) is 0 Å². The highest BCUT2D eigenvalue weighted by Gasteiger charge is 2.25. The second-order valence-corrected chi connectivity index (χ2v) is 9.71. The molecule has 0 spiro atoms. The van der Waals surface area contributed by atoms with Crippen molar-refractivity contribution in [1.29, 1.82) is 0 Å². The van der Waals surface area contributed by atoms with Gasteiger partial charge in [-0.05, 0) is 55.3 Å². The molecule has 8 heteroatoms. The van der Waals surface area contributed by atoms with E-state index >= 15 is 0 Å². The van der Waals surface area contributed by atoms with Gasteiger partial charge in [0.15, 0.2) is 5.78 Å². The van der Waals surface area contributed by atoms with Crippen LogP contribution in [-0.4, -0.2) is 26.7 Å². The number of anilines is 2. The monoisotopic (exact) mass is 468 g/mol. The molecule has 3 aromatic rings. The Bertz CT molecular complexity index is 1310. The molecule has 0 unspecified atom stereocenters. The standard InChI is InChI=1S/C24H21ClN2O4S/c1-16-14-19(10-12-22(16)27-13-5-8-23(27)28)32(30,31)26-21-11-9-18(25)15-20(21)24(29)17-6-3-2-4-7-17/h2-4,6-7,9-12,14-15,26H,5,8,13H2,1H3. The van der Waals surface area contributed by atoms with Crippen LogP contribution in [0.2, 0.25) is 5.02 Å². The van der Waals surface area contributed by atoms with E-state index < -0.39 is 10.0 Å². The van der Waals surface area contributed by atoms with Crippen LogP contribution < -0.4 is 9.62 Å². The highest BCUT2D eigenvalue weighted by Crippen LogP contribution is 2.30. The molecule has 1 saturated heterocycles. The highest BCUT2D eigenvalue weighted by molar-refractivity contribution is 7.92. The normalized spacial score (nSPS) is 13.9. The number of hydrogen-bond donors (Lipinski definition) is 1. The summed E-state index contributed by atoms with van der Waals surface area (Å²) in [7, 11) is -3.99. The maximum absolute atomic E-state index is 13.1. The van der Waals surface area contributed by atoms with Crippen molar-refractivity contribution in [1.82, 2.24) is 0 Å². The minimum absolute atomic E-state index is 0.0343. The zero-order chi connectivity index (χ0) is 22.9. The van der Waals surface area contributed by atoms with Crippen LogP contribution >= 0.6 is 11.6 Å². The summed E-state index contributed by atoms with van der Waals surface area (Å²) in [4.78, 5) is 26.8. The molecule has 1 aliphatic rings. The molecule has 0 atom stereocenters. The average Bonchev–Trinajstić information content (AvgIpc) is 3.20. The van der Waals surface area contributed by atoms with Gasteiger partial charge in [-0.2, -0.15) is 0 Å². The van der Waals surface area contributed by atoms with E-state index in [1.807, 2.05) is 0 Å². The highest BCUT2D eigenvalue weighted by atomic mass is 35.5. The quantitative estimate of drug-likeness (QED) is 0.526. The SMILES string of the molecule is Cc1cc(S(=O)(=O)Nc2ccc(Cl)cc2C(=O)c2ccccc2)ccc1N1CCCC1=O. The fourth-order valence-corrected chi connectivity index (χ4v) is 5.08. The fraction of sp³-hybridized carbons (Fsp3) is 0.167. The number of ketones is 1. The number of rotatable bonds is 6. The smallest absolute Gasteiger partial charge is 0.261 e. The molecule has 6 nitrogen and oxygen atoms in total. The van der Waals surface area contributed by atoms with Crippen molar-refractivity contribution in [2.45, 2.75) is 24.7 Å². The van der Waals surface area contributed by atoms with Crippen LogP contribution in [0.5, 0.6) is 0 Å². The number of amides is 1. The van der Waals surface area contributed by atoms with Gasteiger partial charge in [-0.25, -0.2) is 8.42 Å². The van der Waals surface area contributed by atoms with E-state index in [-0.39, 0.29) is 27.8 Å². The molecule has 4 rings (SSSR count). The number of benzene rings is 3.